The van der Waals surface area contributed by atoms with Gasteiger partial charge in [0.25, 0.3) is 0 Å². The molecule has 0 radical (unpaired) electrons. The summed E-state index contributed by atoms with van der Waals surface area (Å²) in [7, 11) is 0. The van der Waals surface area contributed by atoms with Gasteiger partial charge in [-0.1, -0.05) is 0 Å². The van der Waals surface area contributed by atoms with Crippen LogP contribution in [0.2, 0.25) is 0 Å². The number of carbonyl (C=O) groups excluding carboxylic acids is 1. The van der Waals surface area contributed by atoms with Crippen molar-refractivity contribution in [1.82, 2.24) is 4.98 Å². The largest absolute Gasteiger partial charge is 0.476 e. The van der Waals surface area contributed by atoms with Crippen molar-refractivity contribution < 1.29 is 23.5 Å². The number of ketones is 1. The molecule has 1 aromatic carbocycles. The van der Waals surface area contributed by atoms with Gasteiger partial charge in [0, 0.05) is 6.20 Å². The minimum atomic E-state index is -1.42. The standard InChI is InChI=1S/C13H7F2NO3/c14-7-3-4-10(15)9(6-7)12(17)8-2-1-5-16-11(8)13(18)19/h1-6H,(H,18,19). The lowest BCUT2D eigenvalue weighted by atomic mass is 10.0. The molecule has 0 aliphatic rings. The second-order valence-electron chi connectivity index (χ2n) is 3.66. The maximum Gasteiger partial charge on any atom is 0.355 e. The lowest BCUT2D eigenvalue weighted by Gasteiger charge is -2.05. The van der Waals surface area contributed by atoms with Gasteiger partial charge in [-0.2, -0.15) is 0 Å². The van der Waals surface area contributed by atoms with Gasteiger partial charge in [0.15, 0.2) is 11.5 Å². The average molecular weight is 263 g/mol. The van der Waals surface area contributed by atoms with E-state index in [1.807, 2.05) is 0 Å². The number of nitrogens with zero attached hydrogens (tertiary/aromatic N) is 1. The van der Waals surface area contributed by atoms with Crippen LogP contribution in [0.15, 0.2) is 36.5 Å². The van der Waals surface area contributed by atoms with Crippen molar-refractivity contribution in [3.8, 4) is 0 Å². The van der Waals surface area contributed by atoms with E-state index >= 15 is 0 Å². The SMILES string of the molecule is O=C(c1cc(F)ccc1F)c1cccnc1C(=O)O. The molecule has 0 aliphatic heterocycles. The van der Waals surface area contributed by atoms with Crippen LogP contribution in [0.3, 0.4) is 0 Å². The zero-order valence-corrected chi connectivity index (χ0v) is 9.43. The molecule has 0 atom stereocenters. The molecule has 4 nitrogen and oxygen atoms in total. The first-order valence-electron chi connectivity index (χ1n) is 5.19. The van der Waals surface area contributed by atoms with Gasteiger partial charge in [-0.25, -0.2) is 18.6 Å². The molecule has 0 saturated carbocycles. The van der Waals surface area contributed by atoms with E-state index in [0.29, 0.717) is 0 Å². The van der Waals surface area contributed by atoms with Crippen LogP contribution in [0.4, 0.5) is 8.78 Å². The first-order chi connectivity index (χ1) is 9.00. The minimum Gasteiger partial charge on any atom is -0.476 e. The van der Waals surface area contributed by atoms with Crippen molar-refractivity contribution in [2.24, 2.45) is 0 Å². The zero-order valence-electron chi connectivity index (χ0n) is 9.43. The highest BCUT2D eigenvalue weighted by molar-refractivity contribution is 6.13. The van der Waals surface area contributed by atoms with E-state index in [4.69, 9.17) is 5.11 Å². The third kappa shape index (κ3) is 2.47. The topological polar surface area (TPSA) is 67.3 Å². The Bertz CT molecular complexity index is 671. The summed E-state index contributed by atoms with van der Waals surface area (Å²) in [6.45, 7) is 0. The number of carboxylic acid groups (broad SMARTS) is 1. The molecule has 19 heavy (non-hydrogen) atoms. The second kappa shape index (κ2) is 4.93. The van der Waals surface area contributed by atoms with Crippen molar-refractivity contribution in [1.29, 1.82) is 0 Å². The fourth-order valence-corrected chi connectivity index (χ4v) is 1.58. The molecule has 1 N–H and O–H groups in total. The lowest BCUT2D eigenvalue weighted by Crippen LogP contribution is -2.13. The van der Waals surface area contributed by atoms with Crippen LogP contribution in [-0.4, -0.2) is 21.8 Å². The molecule has 0 unspecified atom stereocenters. The van der Waals surface area contributed by atoms with E-state index in [0.717, 1.165) is 18.2 Å². The molecule has 1 aromatic heterocycles. The number of hydrogen-bond donors (Lipinski definition) is 1. The van der Waals surface area contributed by atoms with Gasteiger partial charge in [0.2, 0.25) is 0 Å². The molecular formula is C13H7F2NO3. The fraction of sp³-hybridized carbons (Fsp3) is 0. The van der Waals surface area contributed by atoms with Crippen molar-refractivity contribution in [2.45, 2.75) is 0 Å². The van der Waals surface area contributed by atoms with E-state index in [1.165, 1.54) is 18.3 Å². The summed E-state index contributed by atoms with van der Waals surface area (Å²) in [6, 6.07) is 4.93. The first kappa shape index (κ1) is 12.8. The normalized spacial score (nSPS) is 10.2. The van der Waals surface area contributed by atoms with Gasteiger partial charge in [0.05, 0.1) is 11.1 Å². The number of aromatic carboxylic acids is 1. The number of aromatic nitrogens is 1. The molecule has 0 saturated heterocycles. The molecule has 0 spiro atoms. The number of halogens is 2. The molecule has 6 heteroatoms. The Balaban J connectivity index is 2.56. The molecule has 96 valence electrons. The number of pyridine rings is 1. The van der Waals surface area contributed by atoms with Crippen LogP contribution >= 0.6 is 0 Å². The van der Waals surface area contributed by atoms with Gasteiger partial charge in [0.1, 0.15) is 11.6 Å². The molecule has 2 aromatic rings. The Morgan fingerprint density at radius 3 is 2.53 bits per heavy atom. The second-order valence-corrected chi connectivity index (χ2v) is 3.66. The highest BCUT2D eigenvalue weighted by atomic mass is 19.1. The molecular weight excluding hydrogens is 256 g/mol. The Morgan fingerprint density at radius 2 is 1.84 bits per heavy atom. The van der Waals surface area contributed by atoms with Crippen molar-refractivity contribution in [2.75, 3.05) is 0 Å². The van der Waals surface area contributed by atoms with Crippen LogP contribution in [0.5, 0.6) is 0 Å². The summed E-state index contributed by atoms with van der Waals surface area (Å²) in [4.78, 5) is 26.5. The Hall–Kier alpha value is -2.63. The quantitative estimate of drug-likeness (QED) is 0.863. The van der Waals surface area contributed by atoms with Crippen molar-refractivity contribution >= 4 is 11.8 Å². The van der Waals surface area contributed by atoms with E-state index in [2.05, 4.69) is 4.98 Å². The Kier molecular flexibility index (Phi) is 3.33. The molecule has 0 fully saturated rings. The summed E-state index contributed by atoms with van der Waals surface area (Å²) < 4.78 is 26.5. The van der Waals surface area contributed by atoms with Gasteiger partial charge >= 0.3 is 5.97 Å². The van der Waals surface area contributed by atoms with Crippen LogP contribution in [0, 0.1) is 11.6 Å². The summed E-state index contributed by atoms with van der Waals surface area (Å²) in [6.07, 6.45) is 1.20. The summed E-state index contributed by atoms with van der Waals surface area (Å²) in [5.74, 6) is -4.06. The number of benzene rings is 1. The summed E-state index contributed by atoms with van der Waals surface area (Å²) in [5, 5.41) is 8.90. The number of hydrogen-bond acceptors (Lipinski definition) is 3. The Morgan fingerprint density at radius 1 is 1.11 bits per heavy atom. The van der Waals surface area contributed by atoms with E-state index in [-0.39, 0.29) is 5.56 Å². The predicted molar refractivity (Wildman–Crippen MR) is 61.0 cm³/mol. The van der Waals surface area contributed by atoms with E-state index in [1.54, 1.807) is 0 Å². The van der Waals surface area contributed by atoms with E-state index in [9.17, 15) is 18.4 Å². The third-order valence-electron chi connectivity index (χ3n) is 2.43. The van der Waals surface area contributed by atoms with Gasteiger partial charge < -0.3 is 5.11 Å². The molecule has 0 aliphatic carbocycles. The average Bonchev–Trinajstić information content (AvgIpc) is 2.40. The lowest BCUT2D eigenvalue weighted by molar-refractivity contribution is 0.0686. The number of rotatable bonds is 3. The van der Waals surface area contributed by atoms with Crippen molar-refractivity contribution in [3.63, 3.8) is 0 Å². The van der Waals surface area contributed by atoms with Crippen LogP contribution in [0.25, 0.3) is 0 Å². The summed E-state index contributed by atoms with van der Waals surface area (Å²) >= 11 is 0. The van der Waals surface area contributed by atoms with Gasteiger partial charge in [-0.3, -0.25) is 4.79 Å². The van der Waals surface area contributed by atoms with Crippen LogP contribution in [0.1, 0.15) is 26.4 Å². The molecule has 0 amide bonds. The van der Waals surface area contributed by atoms with Gasteiger partial charge in [-0.05, 0) is 30.3 Å². The summed E-state index contributed by atoms with van der Waals surface area (Å²) in [5.41, 5.74) is -1.33. The van der Waals surface area contributed by atoms with Crippen LogP contribution in [-0.2, 0) is 0 Å². The maximum atomic E-state index is 13.5. The maximum absolute atomic E-state index is 13.5. The number of carbonyl (C=O) groups is 2. The third-order valence-corrected chi connectivity index (χ3v) is 2.43. The van der Waals surface area contributed by atoms with Gasteiger partial charge in [-0.15, -0.1) is 0 Å². The highest BCUT2D eigenvalue weighted by Crippen LogP contribution is 2.17. The minimum absolute atomic E-state index is 0.292. The predicted octanol–water partition coefficient (Wildman–Crippen LogP) is 2.29. The first-order valence-corrected chi connectivity index (χ1v) is 5.19. The van der Waals surface area contributed by atoms with Crippen molar-refractivity contribution in [3.05, 3.63) is 65.0 Å². The molecule has 1 heterocycles. The Labute approximate surface area is 106 Å². The number of carboxylic acids is 1. The molecule has 0 bridgehead atoms. The fourth-order valence-electron chi connectivity index (χ4n) is 1.58. The monoisotopic (exact) mass is 263 g/mol. The van der Waals surface area contributed by atoms with E-state index < -0.39 is 34.6 Å². The van der Waals surface area contributed by atoms with Crippen LogP contribution < -0.4 is 0 Å². The molecule has 2 rings (SSSR count). The highest BCUT2D eigenvalue weighted by Gasteiger charge is 2.21. The smallest absolute Gasteiger partial charge is 0.355 e. The zero-order chi connectivity index (χ0) is 14.0.